The first-order valence-electron chi connectivity index (χ1n) is 7.76. The lowest BCUT2D eigenvalue weighted by Gasteiger charge is -2.20. The molecule has 0 saturated heterocycles. The fourth-order valence-corrected chi connectivity index (χ4v) is 2.88. The number of benzene rings is 1. The van der Waals surface area contributed by atoms with Crippen molar-refractivity contribution < 1.29 is 14.6 Å². The van der Waals surface area contributed by atoms with Crippen LogP contribution in [-0.2, 0) is 6.42 Å². The molecule has 24 heavy (non-hydrogen) atoms. The number of aryl methyl sites for hydroxylation is 1. The van der Waals surface area contributed by atoms with Crippen molar-refractivity contribution in [1.82, 2.24) is 0 Å². The van der Waals surface area contributed by atoms with Crippen LogP contribution >= 0.6 is 11.3 Å². The van der Waals surface area contributed by atoms with Crippen molar-refractivity contribution in [2.24, 2.45) is 5.73 Å². The Kier molecular flexibility index (Phi) is 6.68. The van der Waals surface area contributed by atoms with Gasteiger partial charge in [-0.15, -0.1) is 11.3 Å². The molecule has 1 unspecified atom stereocenters. The fourth-order valence-electron chi connectivity index (χ4n) is 2.00. The highest BCUT2D eigenvalue weighted by Gasteiger charge is 2.16. The zero-order chi connectivity index (χ0) is 17.4. The van der Waals surface area contributed by atoms with E-state index in [1.165, 1.54) is 4.88 Å². The van der Waals surface area contributed by atoms with Crippen LogP contribution in [0.1, 0.15) is 23.1 Å². The number of aliphatic hydroxyl groups is 1. The number of nitrogens with two attached hydrogens (primary N) is 1. The molecular weight excluding hydrogens is 322 g/mol. The van der Waals surface area contributed by atoms with Gasteiger partial charge in [0.15, 0.2) is 0 Å². The van der Waals surface area contributed by atoms with E-state index in [2.05, 4.69) is 17.9 Å². The molecule has 0 bridgehead atoms. The number of ether oxygens (including phenoxy) is 2. The number of aliphatic hydroxyl groups excluding tert-OH is 1. The summed E-state index contributed by atoms with van der Waals surface area (Å²) < 4.78 is 10.7. The minimum Gasteiger partial charge on any atom is -0.497 e. The van der Waals surface area contributed by atoms with E-state index >= 15 is 0 Å². The molecular formula is C19H23NO3S. The van der Waals surface area contributed by atoms with E-state index in [1.807, 2.05) is 37.3 Å². The van der Waals surface area contributed by atoms with Gasteiger partial charge in [-0.05, 0) is 44.0 Å². The van der Waals surface area contributed by atoms with E-state index in [0.29, 0.717) is 6.61 Å². The smallest absolute Gasteiger partial charge is 0.149 e. The Morgan fingerprint density at radius 2 is 2.04 bits per heavy atom. The summed E-state index contributed by atoms with van der Waals surface area (Å²) in [5, 5.41) is 9.18. The molecule has 0 aliphatic heterocycles. The molecule has 1 atom stereocenters. The largest absolute Gasteiger partial charge is 0.497 e. The second kappa shape index (κ2) is 8.74. The lowest BCUT2D eigenvalue weighted by Crippen LogP contribution is -2.40. The minimum atomic E-state index is -0.527. The Balaban J connectivity index is 1.83. The summed E-state index contributed by atoms with van der Waals surface area (Å²) in [6.07, 6.45) is 1.59. The molecule has 0 aliphatic carbocycles. The second-order valence-electron chi connectivity index (χ2n) is 5.85. The zero-order valence-corrected chi connectivity index (χ0v) is 14.9. The van der Waals surface area contributed by atoms with Gasteiger partial charge in [0.1, 0.15) is 18.1 Å². The zero-order valence-electron chi connectivity index (χ0n) is 14.0. The normalized spacial score (nSPS) is 12.8. The minimum absolute atomic E-state index is 0.00729. The molecule has 0 aliphatic rings. The summed E-state index contributed by atoms with van der Waals surface area (Å²) in [5.74, 6) is 7.62. The molecule has 0 amide bonds. The Hall–Kier alpha value is -2.00. The summed E-state index contributed by atoms with van der Waals surface area (Å²) in [6.45, 7) is 2.18. The molecule has 0 saturated carbocycles. The van der Waals surface area contributed by atoms with Gasteiger partial charge in [-0.2, -0.15) is 0 Å². The van der Waals surface area contributed by atoms with E-state index in [-0.39, 0.29) is 6.61 Å². The van der Waals surface area contributed by atoms with Crippen LogP contribution in [-0.4, -0.2) is 31.0 Å². The van der Waals surface area contributed by atoms with Crippen molar-refractivity contribution in [3.8, 4) is 23.3 Å². The molecule has 4 nitrogen and oxygen atoms in total. The van der Waals surface area contributed by atoms with Gasteiger partial charge >= 0.3 is 0 Å². The molecule has 128 valence electrons. The van der Waals surface area contributed by atoms with Crippen LogP contribution in [0.5, 0.6) is 11.5 Å². The van der Waals surface area contributed by atoms with E-state index in [1.54, 1.807) is 18.4 Å². The summed E-state index contributed by atoms with van der Waals surface area (Å²) >= 11 is 1.65. The summed E-state index contributed by atoms with van der Waals surface area (Å²) in [6, 6.07) is 11.5. The number of methoxy groups -OCH3 is 1. The monoisotopic (exact) mass is 345 g/mol. The van der Waals surface area contributed by atoms with Gasteiger partial charge in [0, 0.05) is 16.5 Å². The van der Waals surface area contributed by atoms with Crippen molar-refractivity contribution >= 4 is 11.3 Å². The van der Waals surface area contributed by atoms with Crippen molar-refractivity contribution in [2.45, 2.75) is 25.3 Å². The van der Waals surface area contributed by atoms with E-state index in [4.69, 9.17) is 15.2 Å². The van der Waals surface area contributed by atoms with Crippen molar-refractivity contribution in [3.05, 3.63) is 46.2 Å². The number of hydrogen-bond donors (Lipinski definition) is 2. The molecule has 2 rings (SSSR count). The SMILES string of the molecule is COc1cccc(OCC#Cc2ccc(CCC(C)(N)CO)s2)c1. The highest BCUT2D eigenvalue weighted by molar-refractivity contribution is 7.12. The average Bonchev–Trinajstić information content (AvgIpc) is 3.05. The first-order chi connectivity index (χ1) is 11.5. The molecule has 1 aromatic carbocycles. The number of hydrogen-bond acceptors (Lipinski definition) is 5. The highest BCUT2D eigenvalue weighted by atomic mass is 32.1. The summed E-state index contributed by atoms with van der Waals surface area (Å²) in [4.78, 5) is 2.22. The van der Waals surface area contributed by atoms with Crippen LogP contribution in [0.15, 0.2) is 36.4 Å². The lowest BCUT2D eigenvalue weighted by molar-refractivity contribution is 0.201. The van der Waals surface area contributed by atoms with E-state index < -0.39 is 5.54 Å². The van der Waals surface area contributed by atoms with E-state index in [0.717, 1.165) is 29.2 Å². The molecule has 2 aromatic rings. The quantitative estimate of drug-likeness (QED) is 0.758. The van der Waals surface area contributed by atoms with E-state index in [9.17, 15) is 5.11 Å². The van der Waals surface area contributed by atoms with Crippen LogP contribution in [0.3, 0.4) is 0 Å². The summed E-state index contributed by atoms with van der Waals surface area (Å²) in [7, 11) is 1.63. The van der Waals surface area contributed by atoms with Crippen LogP contribution in [0.4, 0.5) is 0 Å². The van der Waals surface area contributed by atoms with Gasteiger partial charge in [-0.25, -0.2) is 0 Å². The molecule has 5 heteroatoms. The molecule has 0 radical (unpaired) electrons. The molecule has 1 heterocycles. The van der Waals surface area contributed by atoms with Gasteiger partial charge in [-0.1, -0.05) is 17.9 Å². The van der Waals surface area contributed by atoms with Gasteiger partial charge in [0.25, 0.3) is 0 Å². The molecule has 0 spiro atoms. The first kappa shape index (κ1) is 18.3. The standard InChI is InChI=1S/C19H23NO3S/c1-19(20,14-21)11-10-18-9-8-17(24-18)7-4-12-23-16-6-3-5-15(13-16)22-2/h3,5-6,8-9,13,21H,10-12,14,20H2,1-2H3. The van der Waals surface area contributed by atoms with Crippen LogP contribution in [0.2, 0.25) is 0 Å². The Morgan fingerprint density at radius 3 is 2.79 bits per heavy atom. The Labute approximate surface area is 147 Å². The van der Waals surface area contributed by atoms with Crippen LogP contribution < -0.4 is 15.2 Å². The van der Waals surface area contributed by atoms with Crippen molar-refractivity contribution in [3.63, 3.8) is 0 Å². The average molecular weight is 345 g/mol. The molecule has 0 fully saturated rings. The van der Waals surface area contributed by atoms with Gasteiger partial charge in [0.2, 0.25) is 0 Å². The Bertz CT molecular complexity index is 713. The molecule has 3 N–H and O–H groups in total. The van der Waals surface area contributed by atoms with Crippen molar-refractivity contribution in [1.29, 1.82) is 0 Å². The lowest BCUT2D eigenvalue weighted by atomic mass is 9.98. The van der Waals surface area contributed by atoms with Gasteiger partial charge in [-0.3, -0.25) is 0 Å². The predicted octanol–water partition coefficient (Wildman–Crippen LogP) is 2.83. The predicted molar refractivity (Wildman–Crippen MR) is 97.7 cm³/mol. The first-order valence-corrected chi connectivity index (χ1v) is 8.58. The maximum absolute atomic E-state index is 9.18. The second-order valence-corrected chi connectivity index (χ2v) is 7.02. The van der Waals surface area contributed by atoms with Crippen molar-refractivity contribution in [2.75, 3.05) is 20.3 Å². The van der Waals surface area contributed by atoms with Crippen LogP contribution in [0.25, 0.3) is 0 Å². The third-order valence-electron chi connectivity index (χ3n) is 3.53. The van der Waals surface area contributed by atoms with Gasteiger partial charge in [0.05, 0.1) is 18.6 Å². The summed E-state index contributed by atoms with van der Waals surface area (Å²) in [5.41, 5.74) is 5.42. The maximum atomic E-state index is 9.18. The van der Waals surface area contributed by atoms with Gasteiger partial charge < -0.3 is 20.3 Å². The topological polar surface area (TPSA) is 64.7 Å². The highest BCUT2D eigenvalue weighted by Crippen LogP contribution is 2.20. The maximum Gasteiger partial charge on any atom is 0.149 e. The van der Waals surface area contributed by atoms with Crippen LogP contribution in [0, 0.1) is 11.8 Å². The third-order valence-corrected chi connectivity index (χ3v) is 4.59. The Morgan fingerprint density at radius 1 is 1.25 bits per heavy atom. The number of rotatable bonds is 7. The molecule has 1 aromatic heterocycles. The third kappa shape index (κ3) is 5.89. The fraction of sp³-hybridized carbons (Fsp3) is 0.368. The number of thiophene rings is 1.